The van der Waals surface area contributed by atoms with Gasteiger partial charge in [-0.05, 0) is 24.4 Å². The lowest BCUT2D eigenvalue weighted by molar-refractivity contribution is -0.384. The van der Waals surface area contributed by atoms with Crippen molar-refractivity contribution in [3.63, 3.8) is 0 Å². The van der Waals surface area contributed by atoms with Crippen molar-refractivity contribution in [1.29, 1.82) is 0 Å². The van der Waals surface area contributed by atoms with Gasteiger partial charge in [-0.25, -0.2) is 0 Å². The van der Waals surface area contributed by atoms with Crippen LogP contribution in [0.25, 0.3) is 0 Å². The van der Waals surface area contributed by atoms with E-state index in [2.05, 4.69) is 0 Å². The lowest BCUT2D eigenvalue weighted by atomic mass is 10.1. The average Bonchev–Trinajstić information content (AvgIpc) is 2.99. The summed E-state index contributed by atoms with van der Waals surface area (Å²) in [7, 11) is 1.65. The number of rotatable bonds is 4. The van der Waals surface area contributed by atoms with Crippen LogP contribution in [-0.4, -0.2) is 22.8 Å². The monoisotopic (exact) mass is 324 g/mol. The Bertz CT molecular complexity index is 673. The number of non-ortho nitro benzene ring substituents is 1. The molecule has 0 N–H and O–H groups in total. The zero-order chi connectivity index (χ0) is 15.6. The maximum atomic E-state index is 12.5. The topological polar surface area (TPSA) is 63.5 Å². The molecule has 0 aliphatic carbocycles. The Hall–Kier alpha value is -1.92. The second kappa shape index (κ2) is 6.24. The van der Waals surface area contributed by atoms with E-state index in [9.17, 15) is 14.9 Å². The summed E-state index contributed by atoms with van der Waals surface area (Å²) in [6.45, 7) is 1.90. The van der Waals surface area contributed by atoms with E-state index < -0.39 is 4.92 Å². The molecular formula is C14H13ClN2O3S. The van der Waals surface area contributed by atoms with Crippen LogP contribution < -0.4 is 0 Å². The summed E-state index contributed by atoms with van der Waals surface area (Å²) in [5, 5.41) is 13.0. The maximum absolute atomic E-state index is 12.5. The molecule has 0 saturated carbocycles. The van der Waals surface area contributed by atoms with Crippen LogP contribution in [0.5, 0.6) is 0 Å². The number of carbonyl (C=O) groups excluding carboxylic acids is 1. The highest BCUT2D eigenvalue weighted by molar-refractivity contribution is 7.10. The third-order valence-corrected chi connectivity index (χ3v) is 4.62. The Labute approximate surface area is 130 Å². The van der Waals surface area contributed by atoms with E-state index in [1.165, 1.54) is 23.1 Å². The molecular weight excluding hydrogens is 312 g/mol. The smallest absolute Gasteiger partial charge is 0.270 e. The third kappa shape index (κ3) is 3.22. The standard InChI is InChI=1S/C14H13ClN2O3S/c1-9(13-4-3-7-21-13)16(2)14(18)11-8-10(17(19)20)5-6-12(11)15/h3-9H,1-2H3. The Morgan fingerprint density at radius 3 is 2.71 bits per heavy atom. The maximum Gasteiger partial charge on any atom is 0.270 e. The lowest BCUT2D eigenvalue weighted by Gasteiger charge is -2.24. The van der Waals surface area contributed by atoms with E-state index in [0.29, 0.717) is 0 Å². The van der Waals surface area contributed by atoms with Crippen LogP contribution in [0.1, 0.15) is 28.2 Å². The lowest BCUT2D eigenvalue weighted by Crippen LogP contribution is -2.29. The van der Waals surface area contributed by atoms with Gasteiger partial charge in [-0.1, -0.05) is 17.7 Å². The van der Waals surface area contributed by atoms with Gasteiger partial charge in [-0.2, -0.15) is 0 Å². The number of nitrogens with zero attached hydrogens (tertiary/aromatic N) is 2. The highest BCUT2D eigenvalue weighted by atomic mass is 35.5. The van der Waals surface area contributed by atoms with Gasteiger partial charge in [0.25, 0.3) is 11.6 Å². The van der Waals surface area contributed by atoms with Crippen LogP contribution in [0.2, 0.25) is 5.02 Å². The molecule has 1 heterocycles. The molecule has 0 aliphatic rings. The molecule has 7 heteroatoms. The number of halogens is 1. The number of nitro benzene ring substituents is 1. The summed E-state index contributed by atoms with van der Waals surface area (Å²) < 4.78 is 0. The van der Waals surface area contributed by atoms with Gasteiger partial charge in [0, 0.05) is 24.1 Å². The van der Waals surface area contributed by atoms with E-state index in [1.54, 1.807) is 18.4 Å². The Kier molecular flexibility index (Phi) is 4.59. The van der Waals surface area contributed by atoms with Gasteiger partial charge in [0.2, 0.25) is 0 Å². The van der Waals surface area contributed by atoms with Crippen molar-refractivity contribution in [1.82, 2.24) is 4.90 Å². The highest BCUT2D eigenvalue weighted by Gasteiger charge is 2.23. The molecule has 1 aromatic heterocycles. The molecule has 1 atom stereocenters. The van der Waals surface area contributed by atoms with Crippen molar-refractivity contribution < 1.29 is 9.72 Å². The van der Waals surface area contributed by atoms with Crippen molar-refractivity contribution in [2.24, 2.45) is 0 Å². The largest absolute Gasteiger partial charge is 0.334 e. The summed E-state index contributed by atoms with van der Waals surface area (Å²) >= 11 is 7.55. The summed E-state index contributed by atoms with van der Waals surface area (Å²) in [6, 6.07) is 7.58. The summed E-state index contributed by atoms with van der Waals surface area (Å²) in [5.41, 5.74) is -0.0169. The van der Waals surface area contributed by atoms with Crippen molar-refractivity contribution >= 4 is 34.5 Å². The van der Waals surface area contributed by atoms with Gasteiger partial charge in [-0.15, -0.1) is 11.3 Å². The summed E-state index contributed by atoms with van der Waals surface area (Å²) in [6.07, 6.45) is 0. The average molecular weight is 325 g/mol. The molecule has 1 amide bonds. The van der Waals surface area contributed by atoms with Gasteiger partial charge in [0.05, 0.1) is 21.6 Å². The predicted molar refractivity (Wildman–Crippen MR) is 82.9 cm³/mol. The van der Waals surface area contributed by atoms with Crippen molar-refractivity contribution in [2.45, 2.75) is 13.0 Å². The summed E-state index contributed by atoms with van der Waals surface area (Å²) in [4.78, 5) is 25.3. The number of hydrogen-bond donors (Lipinski definition) is 0. The normalized spacial score (nSPS) is 12.0. The minimum atomic E-state index is -0.546. The second-order valence-electron chi connectivity index (χ2n) is 4.53. The first kappa shape index (κ1) is 15.5. The zero-order valence-electron chi connectivity index (χ0n) is 11.4. The van der Waals surface area contributed by atoms with Gasteiger partial charge in [0.1, 0.15) is 0 Å². The molecule has 5 nitrogen and oxygen atoms in total. The molecule has 1 unspecified atom stereocenters. The van der Waals surface area contributed by atoms with Crippen LogP contribution in [0.4, 0.5) is 5.69 Å². The minimum Gasteiger partial charge on any atom is -0.334 e. The van der Waals surface area contributed by atoms with Gasteiger partial charge >= 0.3 is 0 Å². The molecule has 21 heavy (non-hydrogen) atoms. The summed E-state index contributed by atoms with van der Waals surface area (Å²) in [5.74, 6) is -0.343. The van der Waals surface area contributed by atoms with Gasteiger partial charge in [0.15, 0.2) is 0 Å². The predicted octanol–water partition coefficient (Wildman–Crippen LogP) is 4.14. The van der Waals surface area contributed by atoms with E-state index in [-0.39, 0.29) is 28.2 Å². The molecule has 0 bridgehead atoms. The number of amides is 1. The van der Waals surface area contributed by atoms with E-state index in [0.717, 1.165) is 4.88 Å². The quantitative estimate of drug-likeness (QED) is 0.627. The zero-order valence-corrected chi connectivity index (χ0v) is 13.0. The molecule has 2 aromatic rings. The number of carbonyl (C=O) groups is 1. The van der Waals surface area contributed by atoms with Crippen LogP contribution >= 0.6 is 22.9 Å². The van der Waals surface area contributed by atoms with Gasteiger partial charge in [-0.3, -0.25) is 14.9 Å². The molecule has 2 rings (SSSR count). The molecule has 0 radical (unpaired) electrons. The fourth-order valence-corrected chi connectivity index (χ4v) is 2.90. The minimum absolute atomic E-state index is 0.132. The molecule has 0 saturated heterocycles. The molecule has 1 aromatic carbocycles. The van der Waals surface area contributed by atoms with Gasteiger partial charge < -0.3 is 4.90 Å². The Balaban J connectivity index is 2.31. The number of thiophene rings is 1. The first-order valence-electron chi connectivity index (χ1n) is 6.16. The SMILES string of the molecule is CC(c1cccs1)N(C)C(=O)c1cc([N+](=O)[O-])ccc1Cl. The first-order chi connectivity index (χ1) is 9.91. The Morgan fingerprint density at radius 2 is 2.14 bits per heavy atom. The van der Waals surface area contributed by atoms with Crippen molar-refractivity contribution in [2.75, 3.05) is 7.05 Å². The second-order valence-corrected chi connectivity index (χ2v) is 5.92. The van der Waals surface area contributed by atoms with Crippen LogP contribution in [-0.2, 0) is 0 Å². The fourth-order valence-electron chi connectivity index (χ4n) is 1.88. The first-order valence-corrected chi connectivity index (χ1v) is 7.42. The van der Waals surface area contributed by atoms with E-state index >= 15 is 0 Å². The fraction of sp³-hybridized carbons (Fsp3) is 0.214. The molecule has 0 fully saturated rings. The number of hydrogen-bond acceptors (Lipinski definition) is 4. The molecule has 110 valence electrons. The van der Waals surface area contributed by atoms with E-state index in [1.807, 2.05) is 24.4 Å². The van der Waals surface area contributed by atoms with Crippen LogP contribution in [0, 0.1) is 10.1 Å². The molecule has 0 aliphatic heterocycles. The van der Waals surface area contributed by atoms with Crippen LogP contribution in [0.15, 0.2) is 35.7 Å². The number of nitro groups is 1. The van der Waals surface area contributed by atoms with Crippen LogP contribution in [0.3, 0.4) is 0 Å². The third-order valence-electron chi connectivity index (χ3n) is 3.25. The van der Waals surface area contributed by atoms with Crippen molar-refractivity contribution in [3.05, 3.63) is 61.3 Å². The van der Waals surface area contributed by atoms with Crippen molar-refractivity contribution in [3.8, 4) is 0 Å². The van der Waals surface area contributed by atoms with E-state index in [4.69, 9.17) is 11.6 Å². The molecule has 0 spiro atoms. The number of benzene rings is 1. The Morgan fingerprint density at radius 1 is 1.43 bits per heavy atom. The highest BCUT2D eigenvalue weighted by Crippen LogP contribution is 2.28.